The zero-order chi connectivity index (χ0) is 28.9. The summed E-state index contributed by atoms with van der Waals surface area (Å²) in [5.74, 6) is -2.36. The third-order valence-corrected chi connectivity index (χ3v) is 6.07. The molecule has 1 amide bonds. The number of allylic oxidation sites excluding steroid dienone is 1. The minimum absolute atomic E-state index is 0.0399. The smallest absolute Gasteiger partial charge is 0.454 e. The van der Waals surface area contributed by atoms with E-state index in [4.69, 9.17) is 9.47 Å². The molecule has 0 spiro atoms. The number of nitrogens with one attached hydrogen (secondary N) is 1. The zero-order valence-corrected chi connectivity index (χ0v) is 21.7. The molecule has 2 N–H and O–H groups in total. The van der Waals surface area contributed by atoms with Crippen molar-refractivity contribution in [2.75, 3.05) is 32.1 Å². The van der Waals surface area contributed by atoms with E-state index in [-0.39, 0.29) is 30.4 Å². The van der Waals surface area contributed by atoms with Crippen molar-refractivity contribution in [1.82, 2.24) is 5.32 Å². The summed E-state index contributed by atoms with van der Waals surface area (Å²) in [6.45, 7) is 0.307. The average molecular weight is 553 g/mol. The number of amides is 1. The van der Waals surface area contributed by atoms with Crippen LogP contribution in [0.15, 0.2) is 84.9 Å². The maximum absolute atomic E-state index is 12.7. The van der Waals surface area contributed by atoms with E-state index in [1.54, 1.807) is 0 Å². The molecule has 0 saturated carbocycles. The molecule has 1 heterocycles. The molecule has 40 heavy (non-hydrogen) atoms. The van der Waals surface area contributed by atoms with Gasteiger partial charge in [-0.25, -0.2) is 0 Å². The zero-order valence-electron chi connectivity index (χ0n) is 21.7. The van der Waals surface area contributed by atoms with E-state index in [9.17, 15) is 27.9 Å². The molecular weight excluding hydrogens is 525 g/mol. The molecule has 3 aromatic carbocycles. The van der Waals surface area contributed by atoms with Gasteiger partial charge in [0.2, 0.25) is 0 Å². The van der Waals surface area contributed by atoms with Crippen LogP contribution in [-0.4, -0.2) is 56.3 Å². The van der Waals surface area contributed by atoms with Crippen molar-refractivity contribution in [3.8, 4) is 0 Å². The number of carbonyl (C=O) groups is 2. The fourth-order valence-corrected chi connectivity index (χ4v) is 3.90. The number of anilines is 1. The van der Waals surface area contributed by atoms with Crippen LogP contribution >= 0.6 is 0 Å². The molecule has 0 aliphatic carbocycles. The molecule has 0 radical (unpaired) electrons. The summed E-state index contributed by atoms with van der Waals surface area (Å²) in [5.41, 5.74) is 2.87. The number of hydrogen-bond donors (Lipinski definition) is 2. The number of carbonyl (C=O) groups excluding carboxylic acids is 2. The molecule has 208 valence electrons. The van der Waals surface area contributed by atoms with Gasteiger partial charge in [-0.1, -0.05) is 42.5 Å². The maximum Gasteiger partial charge on any atom is 0.454 e. The van der Waals surface area contributed by atoms with Crippen molar-refractivity contribution in [3.63, 3.8) is 0 Å². The summed E-state index contributed by atoms with van der Waals surface area (Å²) >= 11 is 0. The first-order valence-electron chi connectivity index (χ1n) is 12.3. The van der Waals surface area contributed by atoms with Gasteiger partial charge in [-0.15, -0.1) is 0 Å². The van der Waals surface area contributed by atoms with Crippen LogP contribution in [0, 0.1) is 0 Å². The van der Waals surface area contributed by atoms with Crippen LogP contribution in [-0.2, 0) is 14.3 Å². The summed E-state index contributed by atoms with van der Waals surface area (Å²) in [5, 5.41) is 12.6. The van der Waals surface area contributed by atoms with Gasteiger partial charge in [-0.05, 0) is 36.4 Å². The van der Waals surface area contributed by atoms with Gasteiger partial charge in [-0.3, -0.25) is 9.59 Å². The third kappa shape index (κ3) is 6.82. The fraction of sp³-hybridized carbons (Fsp3) is 0.200. The third-order valence-electron chi connectivity index (χ3n) is 6.07. The number of benzene rings is 3. The highest BCUT2D eigenvalue weighted by atomic mass is 19.4. The lowest BCUT2D eigenvalue weighted by Gasteiger charge is -2.29. The average Bonchev–Trinajstić information content (AvgIpc) is 2.95. The van der Waals surface area contributed by atoms with Crippen molar-refractivity contribution < 1.29 is 37.3 Å². The highest BCUT2D eigenvalue weighted by Gasteiger charge is 2.37. The summed E-state index contributed by atoms with van der Waals surface area (Å²) in [4.78, 5) is 25.8. The number of aliphatic hydroxyl groups is 1. The number of alkyl halides is 3. The summed E-state index contributed by atoms with van der Waals surface area (Å²) in [7, 11) is 3.91. The number of nitrogens with zero attached hydrogens (tertiary/aromatic N) is 1. The van der Waals surface area contributed by atoms with Crippen molar-refractivity contribution >= 4 is 34.7 Å². The molecule has 1 aliphatic heterocycles. The van der Waals surface area contributed by atoms with E-state index < -0.39 is 29.7 Å². The number of ether oxygens (including phenoxy) is 2. The van der Waals surface area contributed by atoms with Gasteiger partial charge >= 0.3 is 6.18 Å². The van der Waals surface area contributed by atoms with E-state index in [2.05, 4.69) is 5.32 Å². The van der Waals surface area contributed by atoms with Crippen LogP contribution in [0.25, 0.3) is 17.3 Å². The predicted molar refractivity (Wildman–Crippen MR) is 145 cm³/mol. The van der Waals surface area contributed by atoms with E-state index in [0.29, 0.717) is 11.5 Å². The van der Waals surface area contributed by atoms with E-state index >= 15 is 0 Å². The highest BCUT2D eigenvalue weighted by molar-refractivity contribution is 5.99. The second-order valence-electron chi connectivity index (χ2n) is 9.20. The van der Waals surface area contributed by atoms with Crippen LogP contribution in [0.2, 0.25) is 0 Å². The van der Waals surface area contributed by atoms with Crippen LogP contribution in [0.5, 0.6) is 0 Å². The standard InChI is InChI=1S/C30H27F3N2O5/c1-35(2)23-14-12-21(13-15-23)27-28(20-6-4-3-5-7-20)40-24(18-39-27)17-34-29(38)22-10-8-19(9-11-22)25(36)16-26(37)30(31,32)33/h3-16,24,36H,17-18H2,1-2H3,(H,34,38). The Bertz CT molecular complexity index is 1410. The maximum atomic E-state index is 12.7. The van der Waals surface area contributed by atoms with Crippen molar-refractivity contribution in [3.05, 3.63) is 107 Å². The molecule has 1 aliphatic rings. The van der Waals surface area contributed by atoms with Gasteiger partial charge < -0.3 is 24.8 Å². The molecule has 1 atom stereocenters. The van der Waals surface area contributed by atoms with Gasteiger partial charge in [0.25, 0.3) is 11.7 Å². The first-order valence-corrected chi connectivity index (χ1v) is 12.3. The van der Waals surface area contributed by atoms with Crippen LogP contribution in [0.4, 0.5) is 18.9 Å². The Labute approximate surface area is 229 Å². The Morgan fingerprint density at radius 2 is 1.52 bits per heavy atom. The molecule has 0 fully saturated rings. The van der Waals surface area contributed by atoms with Crippen LogP contribution in [0.3, 0.4) is 0 Å². The molecule has 0 aromatic heterocycles. The molecule has 0 saturated heterocycles. The minimum atomic E-state index is -5.09. The highest BCUT2D eigenvalue weighted by Crippen LogP contribution is 2.34. The quantitative estimate of drug-likeness (QED) is 0.285. The van der Waals surface area contributed by atoms with Crippen LogP contribution < -0.4 is 10.2 Å². The van der Waals surface area contributed by atoms with Crippen LogP contribution in [0.1, 0.15) is 27.0 Å². The van der Waals surface area contributed by atoms with Crippen molar-refractivity contribution in [2.45, 2.75) is 12.3 Å². The fourth-order valence-electron chi connectivity index (χ4n) is 3.90. The molecule has 7 nitrogen and oxygen atoms in total. The molecule has 0 bridgehead atoms. The molecule has 3 aromatic rings. The van der Waals surface area contributed by atoms with Crippen molar-refractivity contribution in [1.29, 1.82) is 0 Å². The van der Waals surface area contributed by atoms with Gasteiger partial charge in [0, 0.05) is 48.1 Å². The predicted octanol–water partition coefficient (Wildman–Crippen LogP) is 5.45. The Morgan fingerprint density at radius 1 is 0.925 bits per heavy atom. The van der Waals surface area contributed by atoms with Gasteiger partial charge in [0.05, 0.1) is 6.54 Å². The summed E-state index contributed by atoms with van der Waals surface area (Å²) in [6, 6.07) is 22.5. The number of aliphatic hydroxyl groups excluding tert-OH is 1. The topological polar surface area (TPSA) is 88.1 Å². The number of ketones is 1. The van der Waals surface area contributed by atoms with Gasteiger partial charge in [0.15, 0.2) is 11.5 Å². The second kappa shape index (κ2) is 12.0. The van der Waals surface area contributed by atoms with Crippen molar-refractivity contribution in [2.24, 2.45) is 0 Å². The molecule has 10 heteroatoms. The first-order chi connectivity index (χ1) is 19.0. The largest absolute Gasteiger partial charge is 0.507 e. The molecule has 4 rings (SSSR count). The molecular formula is C30H27F3N2O5. The Kier molecular flexibility index (Phi) is 8.47. The first kappa shape index (κ1) is 28.3. The van der Waals surface area contributed by atoms with E-state index in [1.165, 1.54) is 24.3 Å². The Morgan fingerprint density at radius 3 is 2.12 bits per heavy atom. The second-order valence-corrected chi connectivity index (χ2v) is 9.20. The lowest BCUT2D eigenvalue weighted by atomic mass is 10.1. The summed E-state index contributed by atoms with van der Waals surface area (Å²) in [6.07, 6.45) is -5.49. The normalized spacial score (nSPS) is 15.6. The summed E-state index contributed by atoms with van der Waals surface area (Å²) < 4.78 is 49.7. The Balaban J connectivity index is 1.44. The number of hydrogen-bond acceptors (Lipinski definition) is 6. The Hall–Kier alpha value is -4.73. The molecule has 1 unspecified atom stereocenters. The van der Waals surface area contributed by atoms with Gasteiger partial charge in [-0.2, -0.15) is 13.2 Å². The van der Waals surface area contributed by atoms with E-state index in [1.807, 2.05) is 73.6 Å². The van der Waals surface area contributed by atoms with E-state index in [0.717, 1.165) is 16.8 Å². The monoisotopic (exact) mass is 552 g/mol. The minimum Gasteiger partial charge on any atom is -0.507 e. The number of rotatable bonds is 8. The van der Waals surface area contributed by atoms with Gasteiger partial charge in [0.1, 0.15) is 18.5 Å². The SMILES string of the molecule is CN(C)c1ccc(C2=C(c3ccccc3)OC(CNC(=O)c3ccc(C(O)=CC(=O)C(F)(F)F)cc3)CO2)cc1. The number of halogens is 3. The lowest BCUT2D eigenvalue weighted by molar-refractivity contribution is -0.165. The lowest BCUT2D eigenvalue weighted by Crippen LogP contribution is -2.37.